The van der Waals surface area contributed by atoms with Gasteiger partial charge in [-0.3, -0.25) is 19.5 Å². The van der Waals surface area contributed by atoms with E-state index < -0.39 is 23.5 Å². The lowest BCUT2D eigenvalue weighted by Crippen LogP contribution is -2.31. The number of aromatic nitrogens is 1. The van der Waals surface area contributed by atoms with Crippen LogP contribution in [0, 0.1) is 0 Å². The fourth-order valence-electron chi connectivity index (χ4n) is 3.97. The summed E-state index contributed by atoms with van der Waals surface area (Å²) in [5.41, 5.74) is 1.50. The van der Waals surface area contributed by atoms with Crippen molar-refractivity contribution in [2.75, 3.05) is 12.0 Å². The number of rotatable bonds is 5. The SMILES string of the molecule is COc1ccc(N2C(=O)C(O)=C(C(=O)c3cc4cc(Cl)ccc4o3)C2c2ccncc2)cc1. The van der Waals surface area contributed by atoms with Gasteiger partial charge >= 0.3 is 0 Å². The van der Waals surface area contributed by atoms with Crippen LogP contribution in [0.4, 0.5) is 5.69 Å². The second kappa shape index (κ2) is 8.11. The van der Waals surface area contributed by atoms with Gasteiger partial charge in [0.15, 0.2) is 11.5 Å². The Balaban J connectivity index is 1.63. The number of carbonyl (C=O) groups excluding carboxylic acids is 2. The van der Waals surface area contributed by atoms with Crippen molar-refractivity contribution in [2.45, 2.75) is 6.04 Å². The number of carbonyl (C=O) groups is 2. The summed E-state index contributed by atoms with van der Waals surface area (Å²) < 4.78 is 10.9. The topological polar surface area (TPSA) is 92.9 Å². The number of amides is 1. The van der Waals surface area contributed by atoms with Crippen LogP contribution in [0.25, 0.3) is 11.0 Å². The van der Waals surface area contributed by atoms with Gasteiger partial charge < -0.3 is 14.3 Å². The minimum absolute atomic E-state index is 0.00254. The molecular weight excluding hydrogens is 444 g/mol. The molecule has 0 saturated carbocycles. The zero-order valence-corrected chi connectivity index (χ0v) is 18.1. The van der Waals surface area contributed by atoms with Gasteiger partial charge in [-0.05, 0) is 66.2 Å². The van der Waals surface area contributed by atoms with Crippen molar-refractivity contribution in [2.24, 2.45) is 0 Å². The molecule has 4 aromatic rings. The maximum Gasteiger partial charge on any atom is 0.294 e. The lowest BCUT2D eigenvalue weighted by Gasteiger charge is -2.26. The van der Waals surface area contributed by atoms with E-state index in [4.69, 9.17) is 20.8 Å². The highest BCUT2D eigenvalue weighted by Gasteiger charge is 2.45. The van der Waals surface area contributed by atoms with Crippen LogP contribution in [0.1, 0.15) is 22.2 Å². The Hall–Kier alpha value is -4.10. The van der Waals surface area contributed by atoms with Crippen LogP contribution in [-0.4, -0.2) is 28.9 Å². The number of hydrogen-bond donors (Lipinski definition) is 1. The van der Waals surface area contributed by atoms with Crippen molar-refractivity contribution in [1.82, 2.24) is 4.98 Å². The first kappa shape index (κ1) is 20.8. The van der Waals surface area contributed by atoms with Crippen LogP contribution in [-0.2, 0) is 4.79 Å². The molecule has 0 aliphatic carbocycles. The number of benzene rings is 2. The van der Waals surface area contributed by atoms with Gasteiger partial charge in [0.05, 0.1) is 18.7 Å². The van der Waals surface area contributed by atoms with Gasteiger partial charge in [-0.1, -0.05) is 11.6 Å². The normalized spacial score (nSPS) is 16.0. The number of aliphatic hydroxyl groups excluding tert-OH is 1. The van der Waals surface area contributed by atoms with Crippen molar-refractivity contribution >= 4 is 39.9 Å². The number of furan rings is 1. The predicted molar refractivity (Wildman–Crippen MR) is 123 cm³/mol. The smallest absolute Gasteiger partial charge is 0.294 e. The maximum atomic E-state index is 13.6. The van der Waals surface area contributed by atoms with Crippen LogP contribution in [0.5, 0.6) is 5.75 Å². The van der Waals surface area contributed by atoms with E-state index >= 15 is 0 Å². The third-order valence-corrected chi connectivity index (χ3v) is 5.76. The van der Waals surface area contributed by atoms with Crippen molar-refractivity contribution < 1.29 is 23.8 Å². The van der Waals surface area contributed by atoms with Crippen LogP contribution in [0.15, 0.2) is 88.8 Å². The highest BCUT2D eigenvalue weighted by Crippen LogP contribution is 2.42. The number of halogens is 1. The van der Waals surface area contributed by atoms with E-state index in [9.17, 15) is 14.7 Å². The van der Waals surface area contributed by atoms with Crippen molar-refractivity contribution in [3.63, 3.8) is 0 Å². The number of ketones is 1. The largest absolute Gasteiger partial charge is 0.503 e. The molecule has 0 bridgehead atoms. The molecule has 33 heavy (non-hydrogen) atoms. The second-order valence-corrected chi connectivity index (χ2v) is 7.88. The van der Waals surface area contributed by atoms with Gasteiger partial charge in [0.1, 0.15) is 11.3 Å². The fraction of sp³-hybridized carbons (Fsp3) is 0.0800. The number of fused-ring (bicyclic) bond motifs is 1. The number of ether oxygens (including phenoxy) is 1. The molecule has 0 fully saturated rings. The molecule has 1 unspecified atom stereocenters. The Morgan fingerprint density at radius 3 is 2.52 bits per heavy atom. The van der Waals surface area contributed by atoms with Crippen molar-refractivity contribution in [1.29, 1.82) is 0 Å². The van der Waals surface area contributed by atoms with E-state index in [1.165, 1.54) is 4.90 Å². The summed E-state index contributed by atoms with van der Waals surface area (Å²) in [5, 5.41) is 12.0. The highest BCUT2D eigenvalue weighted by molar-refractivity contribution is 6.31. The van der Waals surface area contributed by atoms with Crippen LogP contribution >= 0.6 is 11.6 Å². The molecule has 7 nitrogen and oxygen atoms in total. The second-order valence-electron chi connectivity index (χ2n) is 7.44. The molecule has 1 amide bonds. The third-order valence-electron chi connectivity index (χ3n) is 5.53. The van der Waals surface area contributed by atoms with Gasteiger partial charge in [0, 0.05) is 28.5 Å². The summed E-state index contributed by atoms with van der Waals surface area (Å²) in [5.74, 6) is -1.30. The summed E-state index contributed by atoms with van der Waals surface area (Å²) >= 11 is 6.05. The number of pyridine rings is 1. The maximum absolute atomic E-state index is 13.6. The molecule has 1 aliphatic rings. The van der Waals surface area contributed by atoms with Crippen molar-refractivity contribution in [3.8, 4) is 5.75 Å². The Labute approximate surface area is 193 Å². The molecule has 5 rings (SSSR count). The molecule has 2 aromatic carbocycles. The number of aliphatic hydroxyl groups is 1. The minimum Gasteiger partial charge on any atom is -0.503 e. The zero-order valence-electron chi connectivity index (χ0n) is 17.4. The van der Waals surface area contributed by atoms with Gasteiger partial charge in [0.2, 0.25) is 5.78 Å². The monoisotopic (exact) mass is 460 g/mol. The first-order valence-electron chi connectivity index (χ1n) is 10.0. The Bertz CT molecular complexity index is 1410. The predicted octanol–water partition coefficient (Wildman–Crippen LogP) is 5.27. The molecule has 164 valence electrons. The minimum atomic E-state index is -0.877. The molecule has 3 heterocycles. The molecule has 1 atom stereocenters. The average Bonchev–Trinajstić information content (AvgIpc) is 3.38. The van der Waals surface area contributed by atoms with E-state index in [0.717, 1.165) is 0 Å². The Morgan fingerprint density at radius 1 is 1.09 bits per heavy atom. The van der Waals surface area contributed by atoms with Crippen LogP contribution in [0.2, 0.25) is 5.02 Å². The summed E-state index contributed by atoms with van der Waals surface area (Å²) in [6, 6.07) is 15.8. The molecule has 1 aliphatic heterocycles. The quantitative estimate of drug-likeness (QED) is 0.408. The summed E-state index contributed by atoms with van der Waals surface area (Å²) in [4.78, 5) is 32.1. The van der Waals surface area contributed by atoms with Crippen LogP contribution < -0.4 is 9.64 Å². The number of nitrogens with zero attached hydrogens (tertiary/aromatic N) is 2. The molecule has 2 aromatic heterocycles. The number of anilines is 1. The molecule has 0 radical (unpaired) electrons. The van der Waals surface area contributed by atoms with E-state index in [1.807, 2.05) is 0 Å². The summed E-state index contributed by atoms with van der Waals surface area (Å²) in [7, 11) is 1.54. The average molecular weight is 461 g/mol. The standard InChI is InChI=1S/C25H17ClN2O5/c1-32-18-5-3-17(4-6-18)28-22(14-8-10-27-11-9-14)21(24(30)25(28)31)23(29)20-13-15-12-16(26)2-7-19(15)33-20/h2-13,22,30H,1H3. The van der Waals surface area contributed by atoms with Gasteiger partial charge in [0.25, 0.3) is 5.91 Å². The highest BCUT2D eigenvalue weighted by atomic mass is 35.5. The summed E-state index contributed by atoms with van der Waals surface area (Å²) in [6.45, 7) is 0. The van der Waals surface area contributed by atoms with Crippen LogP contribution in [0.3, 0.4) is 0 Å². The molecule has 0 spiro atoms. The zero-order chi connectivity index (χ0) is 23.1. The van der Waals surface area contributed by atoms with Gasteiger partial charge in [-0.2, -0.15) is 0 Å². The molecule has 1 N–H and O–H groups in total. The lowest BCUT2D eigenvalue weighted by atomic mass is 9.95. The molecule has 8 heteroatoms. The Morgan fingerprint density at radius 2 is 1.82 bits per heavy atom. The number of methoxy groups -OCH3 is 1. The Kier molecular flexibility index (Phi) is 5.11. The molecule has 0 saturated heterocycles. The van der Waals surface area contributed by atoms with E-state index in [2.05, 4.69) is 4.98 Å². The molecular formula is C25H17ClN2O5. The van der Waals surface area contributed by atoms with E-state index in [1.54, 1.807) is 80.2 Å². The first-order valence-corrected chi connectivity index (χ1v) is 10.4. The van der Waals surface area contributed by atoms with Gasteiger partial charge in [-0.15, -0.1) is 0 Å². The summed E-state index contributed by atoms with van der Waals surface area (Å²) in [6.07, 6.45) is 3.12. The van der Waals surface area contributed by atoms with Gasteiger partial charge in [-0.25, -0.2) is 0 Å². The van der Waals surface area contributed by atoms with E-state index in [0.29, 0.717) is 33.0 Å². The fourth-order valence-corrected chi connectivity index (χ4v) is 4.15. The number of Topliss-reactive ketones (excluding diaryl/α,β-unsaturated/α-hetero) is 1. The first-order chi connectivity index (χ1) is 16.0. The van der Waals surface area contributed by atoms with Crippen molar-refractivity contribution in [3.05, 3.63) is 101 Å². The van der Waals surface area contributed by atoms with E-state index in [-0.39, 0.29) is 11.3 Å². The lowest BCUT2D eigenvalue weighted by molar-refractivity contribution is -0.117. The third kappa shape index (κ3) is 3.52. The number of hydrogen-bond acceptors (Lipinski definition) is 6.